The standard InChI is InChI=1S/C23H22N2O3/c26-20(18-10-9-15-5-1-2-7-17(15)13-18)14-25-21(27)23(24-22(25)28)12-11-16-6-3-4-8-19(16)23/h3-4,6,8-10,13H,1-2,5,7,11-12,14H2,(H,24,28)/t23-/m1/s1. The Morgan fingerprint density at radius 1 is 0.964 bits per heavy atom. The molecule has 1 aliphatic heterocycles. The maximum Gasteiger partial charge on any atom is 0.325 e. The van der Waals surface area contributed by atoms with Crippen LogP contribution in [0.25, 0.3) is 0 Å². The van der Waals surface area contributed by atoms with Crippen LogP contribution < -0.4 is 5.32 Å². The highest BCUT2D eigenvalue weighted by molar-refractivity contribution is 6.11. The van der Waals surface area contributed by atoms with Gasteiger partial charge in [0.05, 0.1) is 6.54 Å². The number of carbonyl (C=O) groups excluding carboxylic acids is 3. The summed E-state index contributed by atoms with van der Waals surface area (Å²) in [5.41, 5.74) is 4.03. The van der Waals surface area contributed by atoms with Crippen LogP contribution in [0.15, 0.2) is 42.5 Å². The molecule has 0 bridgehead atoms. The van der Waals surface area contributed by atoms with Gasteiger partial charge in [0.15, 0.2) is 5.78 Å². The zero-order chi connectivity index (χ0) is 19.3. The molecular formula is C23H22N2O3. The van der Waals surface area contributed by atoms with Crippen LogP contribution in [0.5, 0.6) is 0 Å². The molecular weight excluding hydrogens is 352 g/mol. The molecule has 1 N–H and O–H groups in total. The Balaban J connectivity index is 1.40. The average Bonchev–Trinajstić information content (AvgIpc) is 3.21. The number of urea groups is 1. The molecule has 0 unspecified atom stereocenters. The summed E-state index contributed by atoms with van der Waals surface area (Å²) in [4.78, 5) is 39.7. The van der Waals surface area contributed by atoms with E-state index < -0.39 is 11.6 Å². The summed E-state index contributed by atoms with van der Waals surface area (Å²) in [6, 6.07) is 13.0. The molecule has 1 spiro atoms. The van der Waals surface area contributed by atoms with E-state index in [1.165, 1.54) is 17.5 Å². The van der Waals surface area contributed by atoms with Crippen LogP contribution in [-0.2, 0) is 29.6 Å². The van der Waals surface area contributed by atoms with Crippen molar-refractivity contribution in [2.24, 2.45) is 0 Å². The Kier molecular flexibility index (Phi) is 3.86. The Morgan fingerprint density at radius 2 is 1.75 bits per heavy atom. The summed E-state index contributed by atoms with van der Waals surface area (Å²) in [6.07, 6.45) is 5.65. The van der Waals surface area contributed by atoms with Crippen LogP contribution >= 0.6 is 0 Å². The summed E-state index contributed by atoms with van der Waals surface area (Å²) in [6.45, 7) is -0.215. The number of hydrogen-bond acceptors (Lipinski definition) is 3. The molecule has 28 heavy (non-hydrogen) atoms. The van der Waals surface area contributed by atoms with Crippen molar-refractivity contribution >= 4 is 17.7 Å². The van der Waals surface area contributed by atoms with Crippen molar-refractivity contribution in [1.82, 2.24) is 10.2 Å². The molecule has 142 valence electrons. The SMILES string of the molecule is O=C(CN1C(=O)N[C@@]2(CCc3ccccc32)C1=O)c1ccc2c(c1)CCCC2. The molecule has 1 heterocycles. The van der Waals surface area contributed by atoms with Gasteiger partial charge in [0.25, 0.3) is 5.91 Å². The monoisotopic (exact) mass is 374 g/mol. The summed E-state index contributed by atoms with van der Waals surface area (Å²) < 4.78 is 0. The Hall–Kier alpha value is -2.95. The van der Waals surface area contributed by atoms with Crippen molar-refractivity contribution in [2.75, 3.05) is 6.54 Å². The number of amides is 3. The summed E-state index contributed by atoms with van der Waals surface area (Å²) >= 11 is 0. The zero-order valence-electron chi connectivity index (χ0n) is 15.7. The number of ketones is 1. The third kappa shape index (κ3) is 2.49. The number of rotatable bonds is 3. The van der Waals surface area contributed by atoms with E-state index in [1.54, 1.807) is 0 Å². The van der Waals surface area contributed by atoms with Crippen molar-refractivity contribution in [2.45, 2.75) is 44.1 Å². The fourth-order valence-corrected chi connectivity index (χ4v) is 4.87. The van der Waals surface area contributed by atoms with E-state index in [9.17, 15) is 14.4 Å². The van der Waals surface area contributed by atoms with E-state index in [-0.39, 0.29) is 18.2 Å². The first-order chi connectivity index (χ1) is 13.6. The molecule has 0 aromatic heterocycles. The second-order valence-electron chi connectivity index (χ2n) is 8.00. The lowest BCUT2D eigenvalue weighted by Gasteiger charge is -2.22. The first kappa shape index (κ1) is 17.2. The molecule has 5 nitrogen and oxygen atoms in total. The highest BCUT2D eigenvalue weighted by Gasteiger charge is 2.55. The maximum atomic E-state index is 13.2. The molecule has 2 aliphatic carbocycles. The lowest BCUT2D eigenvalue weighted by molar-refractivity contribution is -0.131. The van der Waals surface area contributed by atoms with Crippen LogP contribution in [0.2, 0.25) is 0 Å². The van der Waals surface area contributed by atoms with Gasteiger partial charge in [-0.3, -0.25) is 14.5 Å². The largest absolute Gasteiger partial charge is 0.325 e. The lowest BCUT2D eigenvalue weighted by Crippen LogP contribution is -2.42. The quantitative estimate of drug-likeness (QED) is 0.663. The number of nitrogens with zero attached hydrogens (tertiary/aromatic N) is 1. The summed E-state index contributed by atoms with van der Waals surface area (Å²) in [5, 5.41) is 2.88. The van der Waals surface area contributed by atoms with Crippen molar-refractivity contribution in [3.63, 3.8) is 0 Å². The topological polar surface area (TPSA) is 66.5 Å². The lowest BCUT2D eigenvalue weighted by atomic mass is 9.89. The van der Waals surface area contributed by atoms with Crippen molar-refractivity contribution < 1.29 is 14.4 Å². The summed E-state index contributed by atoms with van der Waals surface area (Å²) in [5.74, 6) is -0.506. The maximum absolute atomic E-state index is 13.2. The predicted molar refractivity (Wildman–Crippen MR) is 104 cm³/mol. The third-order valence-electron chi connectivity index (χ3n) is 6.39. The van der Waals surface area contributed by atoms with Crippen LogP contribution in [0.1, 0.15) is 51.9 Å². The van der Waals surface area contributed by atoms with E-state index in [1.807, 2.05) is 42.5 Å². The first-order valence-corrected chi connectivity index (χ1v) is 9.96. The van der Waals surface area contributed by atoms with Crippen molar-refractivity contribution in [1.29, 1.82) is 0 Å². The second-order valence-corrected chi connectivity index (χ2v) is 8.00. The van der Waals surface area contributed by atoms with Crippen LogP contribution in [0, 0.1) is 0 Å². The third-order valence-corrected chi connectivity index (χ3v) is 6.39. The van der Waals surface area contributed by atoms with Gasteiger partial charge < -0.3 is 5.32 Å². The van der Waals surface area contributed by atoms with Crippen molar-refractivity contribution in [3.05, 3.63) is 70.3 Å². The van der Waals surface area contributed by atoms with Gasteiger partial charge in [-0.05, 0) is 66.8 Å². The molecule has 1 atom stereocenters. The highest BCUT2D eigenvalue weighted by Crippen LogP contribution is 2.41. The first-order valence-electron chi connectivity index (χ1n) is 9.96. The fraction of sp³-hybridized carbons (Fsp3) is 0.348. The van der Waals surface area contributed by atoms with E-state index >= 15 is 0 Å². The van der Waals surface area contributed by atoms with E-state index in [2.05, 4.69) is 5.32 Å². The van der Waals surface area contributed by atoms with Gasteiger partial charge >= 0.3 is 6.03 Å². The van der Waals surface area contributed by atoms with Crippen LogP contribution in [0.3, 0.4) is 0 Å². The fourth-order valence-electron chi connectivity index (χ4n) is 4.87. The molecule has 3 amide bonds. The Labute approximate surface area is 163 Å². The number of nitrogens with one attached hydrogen (secondary N) is 1. The van der Waals surface area contributed by atoms with Gasteiger partial charge in [-0.25, -0.2) is 4.79 Å². The Bertz CT molecular complexity index is 1010. The molecule has 2 aromatic carbocycles. The zero-order valence-corrected chi connectivity index (χ0v) is 15.7. The predicted octanol–water partition coefficient (Wildman–Crippen LogP) is 3.14. The Morgan fingerprint density at radius 3 is 2.61 bits per heavy atom. The smallest absolute Gasteiger partial charge is 0.319 e. The minimum absolute atomic E-state index is 0.194. The number of hydrogen-bond donors (Lipinski definition) is 1. The van der Waals surface area contributed by atoms with E-state index in [0.29, 0.717) is 12.0 Å². The number of benzene rings is 2. The molecule has 2 aromatic rings. The molecule has 5 rings (SSSR count). The number of aryl methyl sites for hydroxylation is 3. The molecule has 3 aliphatic rings. The number of fused-ring (bicyclic) bond motifs is 3. The molecule has 0 saturated carbocycles. The molecule has 0 radical (unpaired) electrons. The van der Waals surface area contributed by atoms with Gasteiger partial charge in [-0.15, -0.1) is 0 Å². The normalized spacial score (nSPS) is 22.9. The van der Waals surface area contributed by atoms with Gasteiger partial charge in [0, 0.05) is 5.56 Å². The summed E-state index contributed by atoms with van der Waals surface area (Å²) in [7, 11) is 0. The number of carbonyl (C=O) groups is 3. The van der Waals surface area contributed by atoms with Crippen molar-refractivity contribution in [3.8, 4) is 0 Å². The molecule has 1 saturated heterocycles. The van der Waals surface area contributed by atoms with E-state index in [4.69, 9.17) is 0 Å². The number of Topliss-reactive ketones (excluding diaryl/α,β-unsaturated/α-hetero) is 1. The molecule has 1 fully saturated rings. The van der Waals surface area contributed by atoms with Gasteiger partial charge in [0.2, 0.25) is 0 Å². The van der Waals surface area contributed by atoms with Gasteiger partial charge in [-0.2, -0.15) is 0 Å². The van der Waals surface area contributed by atoms with Gasteiger partial charge in [0.1, 0.15) is 5.54 Å². The number of imide groups is 1. The van der Waals surface area contributed by atoms with Crippen LogP contribution in [0.4, 0.5) is 4.79 Å². The molecule has 5 heteroatoms. The highest BCUT2D eigenvalue weighted by atomic mass is 16.2. The minimum atomic E-state index is -1.01. The van der Waals surface area contributed by atoms with Crippen LogP contribution in [-0.4, -0.2) is 29.2 Å². The second kappa shape index (κ2) is 6.30. The van der Waals surface area contributed by atoms with E-state index in [0.717, 1.165) is 41.7 Å². The minimum Gasteiger partial charge on any atom is -0.319 e. The van der Waals surface area contributed by atoms with Gasteiger partial charge in [-0.1, -0.05) is 36.4 Å². The average molecular weight is 374 g/mol.